The maximum atomic E-state index is 12.4. The maximum absolute atomic E-state index is 12.4. The lowest BCUT2D eigenvalue weighted by Crippen LogP contribution is -2.06. The minimum atomic E-state index is -0.606. The number of hydrogen-bond donors (Lipinski definition) is 0. The number of hydrogen-bond acceptors (Lipinski definition) is 3. The molecule has 0 aromatic heterocycles. The fourth-order valence-corrected chi connectivity index (χ4v) is 6.82. The fourth-order valence-electron chi connectivity index (χ4n) is 5.56. The quantitative estimate of drug-likeness (QED) is 0.0896. The van der Waals surface area contributed by atoms with Gasteiger partial charge >= 0.3 is 0 Å². The SMILES string of the molecule is COC(C)CCCC(C)CCCC(C)CCCCS(=O)CCCCC(C)CCCC(C)CCCC(C)OC. The molecule has 0 aromatic rings. The molecule has 6 atom stereocenters. The summed E-state index contributed by atoms with van der Waals surface area (Å²) in [6.45, 7) is 14.0. The Labute approximate surface area is 242 Å². The molecule has 3 nitrogen and oxygen atoms in total. The van der Waals surface area contributed by atoms with Crippen LogP contribution >= 0.6 is 0 Å². The van der Waals surface area contributed by atoms with Crippen LogP contribution in [0.5, 0.6) is 0 Å². The molecular weight excluding hydrogens is 488 g/mol. The smallest absolute Gasteiger partial charge is 0.0543 e. The van der Waals surface area contributed by atoms with Gasteiger partial charge in [-0.3, -0.25) is 4.21 Å². The highest BCUT2D eigenvalue weighted by Gasteiger charge is 2.09. The molecule has 4 heteroatoms. The number of ether oxygens (including phenoxy) is 2. The molecule has 0 heterocycles. The van der Waals surface area contributed by atoms with Gasteiger partial charge < -0.3 is 9.47 Å². The van der Waals surface area contributed by atoms with Gasteiger partial charge in [0, 0.05) is 36.5 Å². The highest BCUT2D eigenvalue weighted by Crippen LogP contribution is 2.22. The number of unbranched alkanes of at least 4 members (excludes halogenated alkanes) is 2. The zero-order valence-corrected chi connectivity index (χ0v) is 28.1. The first kappa shape index (κ1) is 38.1. The van der Waals surface area contributed by atoms with Crippen LogP contribution in [0.1, 0.15) is 157 Å². The van der Waals surface area contributed by atoms with Crippen molar-refractivity contribution in [1.29, 1.82) is 0 Å². The summed E-state index contributed by atoms with van der Waals surface area (Å²) in [7, 11) is 3.02. The van der Waals surface area contributed by atoms with E-state index >= 15 is 0 Å². The van der Waals surface area contributed by atoms with Crippen LogP contribution in [0.2, 0.25) is 0 Å². The largest absolute Gasteiger partial charge is 0.382 e. The Bertz CT molecular complexity index is 482. The van der Waals surface area contributed by atoms with Gasteiger partial charge in [-0.05, 0) is 63.2 Å². The van der Waals surface area contributed by atoms with Gasteiger partial charge in [-0.25, -0.2) is 0 Å². The van der Waals surface area contributed by atoms with Crippen LogP contribution in [0.25, 0.3) is 0 Å². The molecule has 0 saturated carbocycles. The normalized spacial score (nSPS) is 17.6. The Hall–Kier alpha value is 0.0700. The van der Waals surface area contributed by atoms with Crippen LogP contribution in [0.15, 0.2) is 0 Å². The molecule has 0 aliphatic heterocycles. The number of rotatable bonds is 28. The summed E-state index contributed by atoms with van der Waals surface area (Å²) >= 11 is 0. The monoisotopic (exact) mass is 559 g/mol. The predicted octanol–water partition coefficient (Wildman–Crippen LogP) is 10.4. The Balaban J connectivity index is 3.60. The van der Waals surface area contributed by atoms with Crippen LogP contribution < -0.4 is 0 Å². The lowest BCUT2D eigenvalue weighted by Gasteiger charge is -2.15. The molecule has 0 amide bonds. The lowest BCUT2D eigenvalue weighted by molar-refractivity contribution is 0.107. The summed E-state index contributed by atoms with van der Waals surface area (Å²) in [5.41, 5.74) is 0. The maximum Gasteiger partial charge on any atom is 0.0543 e. The van der Waals surface area contributed by atoms with Gasteiger partial charge in [0.1, 0.15) is 0 Å². The molecule has 6 unspecified atom stereocenters. The van der Waals surface area contributed by atoms with Crippen molar-refractivity contribution in [1.82, 2.24) is 0 Å². The molecule has 38 heavy (non-hydrogen) atoms. The third kappa shape index (κ3) is 25.1. The van der Waals surface area contributed by atoms with E-state index in [0.717, 1.165) is 48.0 Å². The standard InChI is InChI=1S/C34H70O3S/c1-29(19-13-21-31(3)23-15-25-33(5)36-7)17-9-11-27-38(35)28-12-10-18-30(2)20-14-22-32(4)24-16-26-34(6)37-8/h29-34H,9-28H2,1-8H3. The average molecular weight is 559 g/mol. The van der Waals surface area contributed by atoms with E-state index in [1.807, 2.05) is 14.2 Å². The van der Waals surface area contributed by atoms with E-state index in [0.29, 0.717) is 12.2 Å². The van der Waals surface area contributed by atoms with E-state index < -0.39 is 10.8 Å². The first-order valence-electron chi connectivity index (χ1n) is 16.6. The first-order chi connectivity index (χ1) is 18.2. The highest BCUT2D eigenvalue weighted by atomic mass is 32.2. The van der Waals surface area contributed by atoms with Crippen LogP contribution in [0.3, 0.4) is 0 Å². The second-order valence-corrected chi connectivity index (χ2v) is 14.8. The number of methoxy groups -OCH3 is 2. The van der Waals surface area contributed by atoms with Crippen LogP contribution in [0, 0.1) is 23.7 Å². The van der Waals surface area contributed by atoms with E-state index in [9.17, 15) is 4.21 Å². The van der Waals surface area contributed by atoms with Crippen molar-refractivity contribution in [2.45, 2.75) is 169 Å². The summed E-state index contributed by atoms with van der Waals surface area (Å²) in [4.78, 5) is 0. The summed E-state index contributed by atoms with van der Waals surface area (Å²) < 4.78 is 23.1. The van der Waals surface area contributed by atoms with Gasteiger partial charge in [0.05, 0.1) is 12.2 Å². The second kappa shape index (κ2) is 26.0. The van der Waals surface area contributed by atoms with E-state index in [4.69, 9.17) is 9.47 Å². The zero-order chi connectivity index (χ0) is 28.6. The molecule has 0 fully saturated rings. The van der Waals surface area contributed by atoms with Gasteiger partial charge in [-0.2, -0.15) is 0 Å². The van der Waals surface area contributed by atoms with Crippen molar-refractivity contribution in [3.8, 4) is 0 Å². The third-order valence-corrected chi connectivity index (χ3v) is 10.3. The topological polar surface area (TPSA) is 35.5 Å². The molecule has 0 aliphatic rings. The van der Waals surface area contributed by atoms with Gasteiger partial charge in [-0.15, -0.1) is 0 Å². The molecule has 0 saturated heterocycles. The van der Waals surface area contributed by atoms with Crippen LogP contribution in [-0.4, -0.2) is 42.1 Å². The van der Waals surface area contributed by atoms with E-state index in [-0.39, 0.29) is 0 Å². The molecule has 0 bridgehead atoms. The minimum absolute atomic E-state index is 0.403. The third-order valence-electron chi connectivity index (χ3n) is 8.85. The van der Waals surface area contributed by atoms with Gasteiger partial charge in [0.25, 0.3) is 0 Å². The summed E-state index contributed by atoms with van der Waals surface area (Å²) in [5.74, 6) is 5.14. The van der Waals surface area contributed by atoms with Crippen molar-refractivity contribution < 1.29 is 13.7 Å². The predicted molar refractivity (Wildman–Crippen MR) is 171 cm³/mol. The van der Waals surface area contributed by atoms with Crippen LogP contribution in [-0.2, 0) is 20.3 Å². The zero-order valence-electron chi connectivity index (χ0n) is 27.2. The Kier molecular flexibility index (Phi) is 26.0. The summed E-state index contributed by atoms with van der Waals surface area (Å²) in [6.07, 6.45) is 24.0. The van der Waals surface area contributed by atoms with E-state index in [1.54, 1.807) is 0 Å². The highest BCUT2D eigenvalue weighted by molar-refractivity contribution is 7.84. The molecule has 0 rings (SSSR count). The minimum Gasteiger partial charge on any atom is -0.382 e. The van der Waals surface area contributed by atoms with Crippen molar-refractivity contribution in [3.63, 3.8) is 0 Å². The van der Waals surface area contributed by atoms with E-state index in [2.05, 4.69) is 41.5 Å². The van der Waals surface area contributed by atoms with Gasteiger partial charge in [0.2, 0.25) is 0 Å². The summed E-state index contributed by atoms with van der Waals surface area (Å²) in [6, 6.07) is 0. The molecular formula is C34H70O3S. The molecule has 230 valence electrons. The Morgan fingerprint density at radius 2 is 0.684 bits per heavy atom. The average Bonchev–Trinajstić information content (AvgIpc) is 2.88. The first-order valence-corrected chi connectivity index (χ1v) is 18.1. The van der Waals surface area contributed by atoms with Crippen molar-refractivity contribution in [2.24, 2.45) is 23.7 Å². The molecule has 0 aliphatic carbocycles. The molecule has 0 N–H and O–H groups in total. The molecule has 0 spiro atoms. The Morgan fingerprint density at radius 3 is 0.974 bits per heavy atom. The molecule has 0 radical (unpaired) electrons. The van der Waals surface area contributed by atoms with Gasteiger partial charge in [0.15, 0.2) is 0 Å². The van der Waals surface area contributed by atoms with Crippen molar-refractivity contribution in [2.75, 3.05) is 25.7 Å². The van der Waals surface area contributed by atoms with E-state index in [1.165, 1.54) is 103 Å². The summed E-state index contributed by atoms with van der Waals surface area (Å²) in [5, 5.41) is 0. The second-order valence-electron chi connectivity index (χ2n) is 13.1. The Morgan fingerprint density at radius 1 is 0.421 bits per heavy atom. The van der Waals surface area contributed by atoms with Crippen molar-refractivity contribution in [3.05, 3.63) is 0 Å². The lowest BCUT2D eigenvalue weighted by atomic mass is 9.92. The van der Waals surface area contributed by atoms with Crippen LogP contribution in [0.4, 0.5) is 0 Å². The fraction of sp³-hybridized carbons (Fsp3) is 1.00. The molecule has 0 aromatic carbocycles. The van der Waals surface area contributed by atoms with Gasteiger partial charge in [-0.1, -0.05) is 118 Å². The van der Waals surface area contributed by atoms with Crippen molar-refractivity contribution >= 4 is 10.8 Å².